The maximum absolute atomic E-state index is 12.3. The summed E-state index contributed by atoms with van der Waals surface area (Å²) in [5.41, 5.74) is 5.38. The smallest absolute Gasteiger partial charge is 0.159 e. The normalized spacial score (nSPS) is 27.3. The molecule has 0 bridgehead atoms. The average Bonchev–Trinajstić information content (AvgIpc) is 2.24. The molecule has 17 heavy (non-hydrogen) atoms. The van der Waals surface area contributed by atoms with E-state index in [1.165, 1.54) is 16.7 Å². The largest absolute Gasteiger partial charge is 0.295 e. The Morgan fingerprint density at radius 3 is 2.00 bits per heavy atom. The van der Waals surface area contributed by atoms with Crippen LogP contribution in [0.4, 0.5) is 0 Å². The van der Waals surface area contributed by atoms with Gasteiger partial charge in [0.05, 0.1) is 0 Å². The molecule has 94 valence electrons. The Labute approximate surface area is 105 Å². The third kappa shape index (κ3) is 1.55. The zero-order chi connectivity index (χ0) is 13.0. The lowest BCUT2D eigenvalue weighted by Gasteiger charge is -2.46. The van der Waals surface area contributed by atoms with Crippen LogP contribution in [0.3, 0.4) is 0 Å². The minimum atomic E-state index is -0.0631. The maximum atomic E-state index is 12.3. The number of Topliss-reactive ketones (excluding diaryl/α,β-unsaturated/α-hetero) is 1. The van der Waals surface area contributed by atoms with Crippen LogP contribution in [-0.4, -0.2) is 5.78 Å². The lowest BCUT2D eigenvalue weighted by molar-refractivity contribution is -0.117. The van der Waals surface area contributed by atoms with Gasteiger partial charge in [-0.05, 0) is 26.7 Å². The van der Waals surface area contributed by atoms with Crippen LogP contribution in [0.2, 0.25) is 0 Å². The monoisotopic (exact) mass is 232 g/mol. The van der Waals surface area contributed by atoms with Crippen molar-refractivity contribution < 1.29 is 4.79 Å². The van der Waals surface area contributed by atoms with Gasteiger partial charge in [-0.2, -0.15) is 0 Å². The molecule has 0 saturated heterocycles. The Balaban J connectivity index is 2.72. The third-order valence-corrected chi connectivity index (χ3v) is 5.23. The summed E-state index contributed by atoms with van der Waals surface area (Å²) in [6.45, 7) is 13.4. The molecule has 0 heterocycles. The molecule has 0 aromatic rings. The fraction of sp³-hybridized carbons (Fsp3) is 0.688. The number of carbonyl (C=O) groups is 1. The molecule has 2 aliphatic rings. The van der Waals surface area contributed by atoms with Crippen molar-refractivity contribution in [2.45, 2.75) is 60.8 Å². The van der Waals surface area contributed by atoms with Gasteiger partial charge in [-0.15, -0.1) is 0 Å². The second-order valence-corrected chi connectivity index (χ2v) is 6.63. The highest BCUT2D eigenvalue weighted by Crippen LogP contribution is 2.54. The predicted octanol–water partition coefficient (Wildman–Crippen LogP) is 4.44. The van der Waals surface area contributed by atoms with Crippen molar-refractivity contribution in [2.75, 3.05) is 0 Å². The molecule has 1 nitrogen and oxygen atoms in total. The van der Waals surface area contributed by atoms with Crippen LogP contribution < -0.4 is 0 Å². The van der Waals surface area contributed by atoms with E-state index in [1.54, 1.807) is 0 Å². The lowest BCUT2D eigenvalue weighted by Crippen LogP contribution is -2.37. The van der Waals surface area contributed by atoms with Gasteiger partial charge in [0.1, 0.15) is 0 Å². The van der Waals surface area contributed by atoms with Crippen LogP contribution in [-0.2, 0) is 4.79 Å². The van der Waals surface area contributed by atoms with E-state index in [1.807, 2.05) is 0 Å². The van der Waals surface area contributed by atoms with Crippen LogP contribution in [0.25, 0.3) is 0 Å². The Kier molecular flexibility index (Phi) is 2.65. The first kappa shape index (κ1) is 12.6. The zero-order valence-electron chi connectivity index (χ0n) is 12.0. The topological polar surface area (TPSA) is 17.1 Å². The molecule has 0 aromatic heterocycles. The Morgan fingerprint density at radius 1 is 0.882 bits per heavy atom. The maximum Gasteiger partial charge on any atom is 0.159 e. The van der Waals surface area contributed by atoms with E-state index < -0.39 is 0 Å². The molecular weight excluding hydrogens is 208 g/mol. The number of hydrogen-bond donors (Lipinski definition) is 0. The third-order valence-electron chi connectivity index (χ3n) is 5.23. The van der Waals surface area contributed by atoms with Crippen molar-refractivity contribution in [3.63, 3.8) is 0 Å². The van der Waals surface area contributed by atoms with Crippen molar-refractivity contribution in [1.82, 2.24) is 0 Å². The van der Waals surface area contributed by atoms with Crippen molar-refractivity contribution in [1.29, 1.82) is 0 Å². The van der Waals surface area contributed by atoms with Crippen LogP contribution in [0.5, 0.6) is 0 Å². The quantitative estimate of drug-likeness (QED) is 0.564. The molecule has 0 spiro atoms. The van der Waals surface area contributed by atoms with Gasteiger partial charge in [0.25, 0.3) is 0 Å². The van der Waals surface area contributed by atoms with E-state index in [0.717, 1.165) is 24.8 Å². The SMILES string of the molecule is CC1=C(C)C(C)(C)C2=C(CCCC2=O)C1(C)C. The summed E-state index contributed by atoms with van der Waals surface area (Å²) in [5.74, 6) is 0.385. The van der Waals surface area contributed by atoms with Crippen LogP contribution >= 0.6 is 0 Å². The first-order chi connectivity index (χ1) is 7.70. The Hall–Kier alpha value is -0.850. The van der Waals surface area contributed by atoms with E-state index in [9.17, 15) is 4.79 Å². The van der Waals surface area contributed by atoms with Crippen LogP contribution in [0, 0.1) is 10.8 Å². The van der Waals surface area contributed by atoms with E-state index in [2.05, 4.69) is 41.5 Å². The van der Waals surface area contributed by atoms with Gasteiger partial charge in [-0.25, -0.2) is 0 Å². The summed E-state index contributed by atoms with van der Waals surface area (Å²) in [4.78, 5) is 12.3. The number of carbonyl (C=O) groups excluding carboxylic acids is 1. The first-order valence-corrected chi connectivity index (χ1v) is 6.66. The first-order valence-electron chi connectivity index (χ1n) is 6.66. The molecule has 0 aliphatic heterocycles. The van der Waals surface area contributed by atoms with Gasteiger partial charge in [0.15, 0.2) is 5.78 Å². The highest BCUT2D eigenvalue weighted by atomic mass is 16.1. The molecule has 0 atom stereocenters. The van der Waals surface area contributed by atoms with Crippen molar-refractivity contribution >= 4 is 5.78 Å². The van der Waals surface area contributed by atoms with Gasteiger partial charge < -0.3 is 0 Å². The minimum Gasteiger partial charge on any atom is -0.295 e. The summed E-state index contributed by atoms with van der Waals surface area (Å²) >= 11 is 0. The zero-order valence-corrected chi connectivity index (χ0v) is 12.0. The summed E-state index contributed by atoms with van der Waals surface area (Å²) < 4.78 is 0. The number of allylic oxidation sites excluding steroid dienone is 4. The summed E-state index contributed by atoms with van der Waals surface area (Å²) in [7, 11) is 0. The van der Waals surface area contributed by atoms with E-state index in [0.29, 0.717) is 5.78 Å². The average molecular weight is 232 g/mol. The molecule has 0 amide bonds. The minimum absolute atomic E-state index is 0.0631. The molecule has 0 N–H and O–H groups in total. The standard InChI is InChI=1S/C16H24O/c1-10-11(2)16(5,6)14-12(15(10,3)4)8-7-9-13(14)17/h7-9H2,1-6H3. The summed E-state index contributed by atoms with van der Waals surface area (Å²) in [5, 5.41) is 0. The second kappa shape index (κ2) is 3.57. The second-order valence-electron chi connectivity index (χ2n) is 6.63. The predicted molar refractivity (Wildman–Crippen MR) is 71.8 cm³/mol. The molecule has 2 rings (SSSR count). The van der Waals surface area contributed by atoms with Gasteiger partial charge in [-0.3, -0.25) is 4.79 Å². The Bertz CT molecular complexity index is 444. The number of ketones is 1. The van der Waals surface area contributed by atoms with Gasteiger partial charge in [-0.1, -0.05) is 44.4 Å². The molecule has 0 saturated carbocycles. The molecular formula is C16H24O. The molecule has 0 unspecified atom stereocenters. The molecule has 0 fully saturated rings. The van der Waals surface area contributed by atoms with E-state index in [-0.39, 0.29) is 10.8 Å². The summed E-state index contributed by atoms with van der Waals surface area (Å²) in [6.07, 6.45) is 2.87. The molecule has 0 radical (unpaired) electrons. The van der Waals surface area contributed by atoms with E-state index >= 15 is 0 Å². The Morgan fingerprint density at radius 2 is 1.41 bits per heavy atom. The number of hydrogen-bond acceptors (Lipinski definition) is 1. The highest BCUT2D eigenvalue weighted by Gasteiger charge is 2.45. The van der Waals surface area contributed by atoms with Crippen molar-refractivity contribution in [3.05, 3.63) is 22.3 Å². The fourth-order valence-corrected chi connectivity index (χ4v) is 3.55. The van der Waals surface area contributed by atoms with Crippen molar-refractivity contribution in [3.8, 4) is 0 Å². The highest BCUT2D eigenvalue weighted by molar-refractivity contribution is 5.99. The molecule has 1 heteroatoms. The fourth-order valence-electron chi connectivity index (χ4n) is 3.55. The molecule has 2 aliphatic carbocycles. The number of rotatable bonds is 0. The van der Waals surface area contributed by atoms with Gasteiger partial charge in [0.2, 0.25) is 0 Å². The van der Waals surface area contributed by atoms with E-state index in [4.69, 9.17) is 0 Å². The molecule has 0 aromatic carbocycles. The van der Waals surface area contributed by atoms with Gasteiger partial charge in [0, 0.05) is 22.8 Å². The van der Waals surface area contributed by atoms with Crippen LogP contribution in [0.15, 0.2) is 22.3 Å². The van der Waals surface area contributed by atoms with Gasteiger partial charge >= 0.3 is 0 Å². The van der Waals surface area contributed by atoms with Crippen LogP contribution in [0.1, 0.15) is 60.8 Å². The lowest BCUT2D eigenvalue weighted by atomic mass is 9.57. The van der Waals surface area contributed by atoms with Crippen molar-refractivity contribution in [2.24, 2.45) is 10.8 Å². The summed E-state index contributed by atoms with van der Waals surface area (Å²) in [6, 6.07) is 0.